The summed E-state index contributed by atoms with van der Waals surface area (Å²) in [6.45, 7) is 7.57. The van der Waals surface area contributed by atoms with Crippen molar-refractivity contribution in [3.63, 3.8) is 0 Å². The molecule has 0 aliphatic carbocycles. The number of thiophene rings is 1. The molecular formula is C19H20F2N2O3S. The van der Waals surface area contributed by atoms with Gasteiger partial charge in [0.1, 0.15) is 16.6 Å². The van der Waals surface area contributed by atoms with Gasteiger partial charge in [0.2, 0.25) is 0 Å². The molecule has 3 N–H and O–H groups in total. The van der Waals surface area contributed by atoms with E-state index in [-0.39, 0.29) is 16.1 Å². The number of hydrogen-bond acceptors (Lipinski definition) is 4. The second-order valence-electron chi connectivity index (χ2n) is 7.61. The molecule has 0 saturated carbocycles. The van der Waals surface area contributed by atoms with Crippen LogP contribution >= 0.6 is 11.3 Å². The molecule has 0 bridgehead atoms. The number of fused-ring (bicyclic) bond motifs is 1. The Morgan fingerprint density at radius 1 is 1.22 bits per heavy atom. The summed E-state index contributed by atoms with van der Waals surface area (Å²) in [6.07, 6.45) is 0.446. The summed E-state index contributed by atoms with van der Waals surface area (Å²) in [5.74, 6) is -3.24. The highest BCUT2D eigenvalue weighted by Crippen LogP contribution is 2.48. The Morgan fingerprint density at radius 3 is 2.48 bits per heavy atom. The fraction of sp³-hybridized carbons (Fsp3) is 0.368. The minimum Gasteiger partial charge on any atom is -0.365 e. The lowest BCUT2D eigenvalue weighted by molar-refractivity contribution is -0.135. The summed E-state index contributed by atoms with van der Waals surface area (Å²) >= 11 is 1.18. The Labute approximate surface area is 159 Å². The zero-order chi connectivity index (χ0) is 20.1. The van der Waals surface area contributed by atoms with Crippen LogP contribution in [-0.4, -0.2) is 17.4 Å². The van der Waals surface area contributed by atoms with E-state index in [9.17, 15) is 18.4 Å². The van der Waals surface area contributed by atoms with Crippen LogP contribution in [-0.2, 0) is 16.8 Å². The van der Waals surface area contributed by atoms with Gasteiger partial charge in [-0.2, -0.15) is 0 Å². The fourth-order valence-electron chi connectivity index (χ4n) is 3.51. The van der Waals surface area contributed by atoms with Crippen LogP contribution in [0, 0.1) is 11.6 Å². The van der Waals surface area contributed by atoms with Gasteiger partial charge < -0.3 is 15.8 Å². The molecule has 27 heavy (non-hydrogen) atoms. The van der Waals surface area contributed by atoms with Crippen LogP contribution in [0.5, 0.6) is 0 Å². The Kier molecular flexibility index (Phi) is 4.60. The molecule has 3 rings (SSSR count). The first-order valence-electron chi connectivity index (χ1n) is 8.34. The molecule has 1 aromatic heterocycles. The molecule has 0 radical (unpaired) electrons. The number of rotatable bonds is 3. The van der Waals surface area contributed by atoms with E-state index in [2.05, 4.69) is 5.32 Å². The van der Waals surface area contributed by atoms with Crippen molar-refractivity contribution in [2.75, 3.05) is 5.32 Å². The number of anilines is 1. The predicted octanol–water partition coefficient (Wildman–Crippen LogP) is 3.96. The smallest absolute Gasteiger partial charge is 0.259 e. The molecule has 0 unspecified atom stereocenters. The average Bonchev–Trinajstić information content (AvgIpc) is 2.83. The normalized spacial score (nSPS) is 17.3. The summed E-state index contributed by atoms with van der Waals surface area (Å²) in [4.78, 5) is 25.4. The fourth-order valence-corrected chi connectivity index (χ4v) is 4.77. The maximum absolute atomic E-state index is 13.9. The van der Waals surface area contributed by atoms with E-state index >= 15 is 0 Å². The molecule has 0 saturated heterocycles. The van der Waals surface area contributed by atoms with Gasteiger partial charge >= 0.3 is 0 Å². The standard InChI is InChI=1S/C19H20F2N2O3S/c1-18(2)8-11-13(15(22)24)17(27-14(11)19(3,4)26-18)23-16(25)10-6-5-9(20)7-12(10)21/h5-7H,8H2,1-4H3,(H2,22,24)(H,23,25). The first kappa shape index (κ1) is 19.4. The molecule has 2 aromatic rings. The van der Waals surface area contributed by atoms with Gasteiger partial charge in [-0.05, 0) is 45.4 Å². The van der Waals surface area contributed by atoms with Crippen LogP contribution in [0.3, 0.4) is 0 Å². The lowest BCUT2D eigenvalue weighted by Gasteiger charge is -2.41. The zero-order valence-corrected chi connectivity index (χ0v) is 16.2. The molecule has 5 nitrogen and oxygen atoms in total. The molecule has 1 aromatic carbocycles. The number of nitrogens with two attached hydrogens (primary N) is 1. The van der Waals surface area contributed by atoms with Gasteiger partial charge in [0, 0.05) is 17.4 Å². The molecule has 8 heteroatoms. The van der Waals surface area contributed by atoms with Crippen molar-refractivity contribution < 1.29 is 23.1 Å². The lowest BCUT2D eigenvalue weighted by Crippen LogP contribution is -2.42. The zero-order valence-electron chi connectivity index (χ0n) is 15.4. The number of hydrogen-bond donors (Lipinski definition) is 2. The van der Waals surface area contributed by atoms with Crippen LogP contribution in [0.1, 0.15) is 58.9 Å². The highest BCUT2D eigenvalue weighted by atomic mass is 32.1. The summed E-state index contributed by atoms with van der Waals surface area (Å²) in [7, 11) is 0. The maximum Gasteiger partial charge on any atom is 0.259 e. The number of amides is 2. The Morgan fingerprint density at radius 2 is 1.89 bits per heavy atom. The van der Waals surface area contributed by atoms with Crippen molar-refractivity contribution in [3.05, 3.63) is 51.4 Å². The van der Waals surface area contributed by atoms with Crippen LogP contribution in [0.2, 0.25) is 0 Å². The molecule has 2 heterocycles. The van der Waals surface area contributed by atoms with Gasteiger partial charge in [-0.15, -0.1) is 11.3 Å². The van der Waals surface area contributed by atoms with Gasteiger partial charge in [-0.3, -0.25) is 9.59 Å². The van der Waals surface area contributed by atoms with Crippen molar-refractivity contribution in [2.24, 2.45) is 5.73 Å². The molecule has 144 valence electrons. The number of benzene rings is 1. The second-order valence-corrected chi connectivity index (χ2v) is 8.63. The van der Waals surface area contributed by atoms with Crippen molar-refractivity contribution >= 4 is 28.2 Å². The first-order valence-corrected chi connectivity index (χ1v) is 9.15. The molecule has 0 fully saturated rings. The predicted molar refractivity (Wildman–Crippen MR) is 99.0 cm³/mol. The lowest BCUT2D eigenvalue weighted by atomic mass is 9.86. The Hall–Kier alpha value is -2.32. The first-order chi connectivity index (χ1) is 12.4. The molecule has 2 amide bonds. The van der Waals surface area contributed by atoms with Crippen LogP contribution in [0.15, 0.2) is 18.2 Å². The monoisotopic (exact) mass is 394 g/mol. The van der Waals surface area contributed by atoms with E-state index in [1.165, 1.54) is 11.3 Å². The van der Waals surface area contributed by atoms with Crippen molar-refractivity contribution in [1.82, 2.24) is 0 Å². The minimum atomic E-state index is -0.987. The third-order valence-corrected chi connectivity index (χ3v) is 5.79. The number of halogens is 2. The van der Waals surface area contributed by atoms with Crippen LogP contribution in [0.25, 0.3) is 0 Å². The summed E-state index contributed by atoms with van der Waals surface area (Å²) < 4.78 is 33.1. The maximum atomic E-state index is 13.9. The van der Waals surface area contributed by atoms with E-state index in [0.717, 1.165) is 22.6 Å². The third kappa shape index (κ3) is 3.59. The molecule has 0 atom stereocenters. The summed E-state index contributed by atoms with van der Waals surface area (Å²) in [6, 6.07) is 2.67. The molecule has 1 aliphatic rings. The average molecular weight is 394 g/mol. The number of nitrogens with one attached hydrogen (secondary N) is 1. The quantitative estimate of drug-likeness (QED) is 0.827. The summed E-state index contributed by atoms with van der Waals surface area (Å²) in [5.41, 5.74) is 4.97. The van der Waals surface area contributed by atoms with Crippen LogP contribution in [0.4, 0.5) is 13.8 Å². The SMILES string of the molecule is CC1(C)Cc2c(sc(NC(=O)c3ccc(F)cc3F)c2C(N)=O)C(C)(C)O1. The number of primary amides is 1. The molecular weight excluding hydrogens is 374 g/mol. The van der Waals surface area contributed by atoms with E-state index < -0.39 is 34.7 Å². The van der Waals surface area contributed by atoms with Crippen LogP contribution < -0.4 is 11.1 Å². The number of carbonyl (C=O) groups is 2. The highest BCUT2D eigenvalue weighted by molar-refractivity contribution is 7.17. The number of carbonyl (C=O) groups excluding carboxylic acids is 2. The van der Waals surface area contributed by atoms with E-state index in [1.54, 1.807) is 0 Å². The summed E-state index contributed by atoms with van der Waals surface area (Å²) in [5, 5.41) is 2.78. The minimum absolute atomic E-state index is 0.204. The number of ether oxygens (including phenoxy) is 1. The van der Waals surface area contributed by atoms with Gasteiger partial charge in [0.05, 0.1) is 22.3 Å². The van der Waals surface area contributed by atoms with Crippen molar-refractivity contribution in [2.45, 2.75) is 45.3 Å². The van der Waals surface area contributed by atoms with Crippen molar-refractivity contribution in [1.29, 1.82) is 0 Å². The van der Waals surface area contributed by atoms with Gasteiger partial charge in [-0.1, -0.05) is 0 Å². The van der Waals surface area contributed by atoms with Crippen molar-refractivity contribution in [3.8, 4) is 0 Å². The van der Waals surface area contributed by atoms with Gasteiger partial charge in [0.25, 0.3) is 11.8 Å². The molecule has 0 spiro atoms. The molecule has 1 aliphatic heterocycles. The Bertz CT molecular complexity index is 951. The van der Waals surface area contributed by atoms with E-state index in [0.29, 0.717) is 12.5 Å². The van der Waals surface area contributed by atoms with E-state index in [4.69, 9.17) is 10.5 Å². The van der Waals surface area contributed by atoms with Gasteiger partial charge in [0.15, 0.2) is 0 Å². The largest absolute Gasteiger partial charge is 0.365 e. The Balaban J connectivity index is 2.06. The van der Waals surface area contributed by atoms with E-state index in [1.807, 2.05) is 27.7 Å². The third-order valence-electron chi connectivity index (χ3n) is 4.34. The second kappa shape index (κ2) is 6.38. The van der Waals surface area contributed by atoms with Gasteiger partial charge in [-0.25, -0.2) is 8.78 Å². The highest BCUT2D eigenvalue weighted by Gasteiger charge is 2.42. The topological polar surface area (TPSA) is 81.4 Å².